The Hall–Kier alpha value is -2.74. The van der Waals surface area contributed by atoms with Crippen LogP contribution in [0.5, 0.6) is 0 Å². The quantitative estimate of drug-likeness (QED) is 0.702. The number of nitrogens with zero attached hydrogens (tertiary/aromatic N) is 4. The number of nitrogens with one attached hydrogen (secondary N) is 1. The van der Waals surface area contributed by atoms with E-state index in [9.17, 15) is 4.79 Å². The Morgan fingerprint density at radius 2 is 1.96 bits per heavy atom. The van der Waals surface area contributed by atoms with Gasteiger partial charge in [-0.05, 0) is 12.0 Å². The van der Waals surface area contributed by atoms with Crippen LogP contribution in [0, 0.1) is 0 Å². The molecule has 0 saturated heterocycles. The second-order valence-corrected chi connectivity index (χ2v) is 5.45. The summed E-state index contributed by atoms with van der Waals surface area (Å²) < 4.78 is 4.87. The number of carbonyl (C=O) groups is 1. The zero-order valence-corrected chi connectivity index (χ0v) is 14.1. The molecule has 1 aromatic carbocycles. The van der Waals surface area contributed by atoms with Crippen LogP contribution in [-0.4, -0.2) is 48.2 Å². The smallest absolute Gasteiger partial charge is 0.323 e. The number of ether oxygens (including phenoxy) is 1. The molecule has 24 heavy (non-hydrogen) atoms. The van der Waals surface area contributed by atoms with Crippen LogP contribution < -0.4 is 16.0 Å². The number of hydrogen-bond donors (Lipinski definition) is 2. The molecule has 0 aliphatic heterocycles. The lowest BCUT2D eigenvalue weighted by Crippen LogP contribution is -2.39. The van der Waals surface area contributed by atoms with Crippen molar-refractivity contribution in [2.24, 2.45) is 0 Å². The highest BCUT2D eigenvalue weighted by Gasteiger charge is 2.20. The van der Waals surface area contributed by atoms with Crippen molar-refractivity contribution < 1.29 is 9.53 Å². The van der Waals surface area contributed by atoms with Crippen molar-refractivity contribution in [1.29, 1.82) is 0 Å². The topological polar surface area (TPSA) is 106 Å². The van der Waals surface area contributed by atoms with Crippen LogP contribution >= 0.6 is 0 Å². The average Bonchev–Trinajstić information content (AvgIpc) is 2.58. The molecule has 0 spiro atoms. The number of benzene rings is 1. The third-order valence-electron chi connectivity index (χ3n) is 3.36. The van der Waals surface area contributed by atoms with E-state index >= 15 is 0 Å². The maximum Gasteiger partial charge on any atom is 0.323 e. The van der Waals surface area contributed by atoms with Crippen molar-refractivity contribution >= 4 is 17.9 Å². The first-order valence-electron chi connectivity index (χ1n) is 7.52. The van der Waals surface area contributed by atoms with E-state index in [1.165, 1.54) is 7.11 Å². The Bertz CT molecular complexity index is 678. The molecular formula is C16H22N6O2. The van der Waals surface area contributed by atoms with Crippen molar-refractivity contribution in [2.75, 3.05) is 31.8 Å². The lowest BCUT2D eigenvalue weighted by atomic mass is 10.1. The molecule has 8 heteroatoms. The highest BCUT2D eigenvalue weighted by Crippen LogP contribution is 2.08. The van der Waals surface area contributed by atoms with E-state index in [1.807, 2.05) is 44.4 Å². The molecule has 1 heterocycles. The molecule has 0 saturated carbocycles. The van der Waals surface area contributed by atoms with Gasteiger partial charge in [-0.3, -0.25) is 10.1 Å². The molecule has 0 fully saturated rings. The van der Waals surface area contributed by atoms with Gasteiger partial charge in [-0.15, -0.1) is 0 Å². The lowest BCUT2D eigenvalue weighted by Gasteiger charge is -2.17. The summed E-state index contributed by atoms with van der Waals surface area (Å²) >= 11 is 0. The van der Waals surface area contributed by atoms with E-state index in [0.717, 1.165) is 5.56 Å². The summed E-state index contributed by atoms with van der Waals surface area (Å²) in [7, 11) is 5.00. The van der Waals surface area contributed by atoms with Crippen molar-refractivity contribution in [3.63, 3.8) is 0 Å². The minimum atomic E-state index is -0.502. The molecule has 8 nitrogen and oxygen atoms in total. The molecule has 0 aliphatic carbocycles. The Morgan fingerprint density at radius 1 is 1.25 bits per heavy atom. The van der Waals surface area contributed by atoms with Gasteiger partial charge in [-0.1, -0.05) is 30.3 Å². The van der Waals surface area contributed by atoms with Crippen LogP contribution in [0.1, 0.15) is 11.4 Å². The molecule has 0 radical (unpaired) electrons. The normalized spacial score (nSPS) is 11.8. The number of esters is 1. The molecule has 0 amide bonds. The SMILES string of the molecule is COC(=O)C(Cc1ccccc1)NCc1nc(N)nc(N(C)C)n1. The summed E-state index contributed by atoms with van der Waals surface area (Å²) in [5.74, 6) is 0.738. The lowest BCUT2D eigenvalue weighted by molar-refractivity contribution is -0.143. The number of methoxy groups -OCH3 is 1. The Balaban J connectivity index is 2.09. The Kier molecular flexibility index (Phi) is 6.02. The fourth-order valence-electron chi connectivity index (χ4n) is 2.15. The van der Waals surface area contributed by atoms with E-state index in [2.05, 4.69) is 20.3 Å². The molecule has 128 valence electrons. The standard InChI is InChI=1S/C16H22N6O2/c1-22(2)16-20-13(19-15(17)21-16)10-18-12(14(23)24-3)9-11-7-5-4-6-8-11/h4-8,12,18H,9-10H2,1-3H3,(H2,17,19,20,21). The zero-order valence-electron chi connectivity index (χ0n) is 14.1. The maximum absolute atomic E-state index is 12.0. The van der Waals surface area contributed by atoms with Gasteiger partial charge in [0.15, 0.2) is 0 Å². The van der Waals surface area contributed by atoms with E-state index in [0.29, 0.717) is 18.2 Å². The number of carbonyl (C=O) groups excluding carboxylic acids is 1. The minimum absolute atomic E-state index is 0.142. The Labute approximate surface area is 141 Å². The molecule has 1 aromatic heterocycles. The summed E-state index contributed by atoms with van der Waals surface area (Å²) in [6, 6.07) is 9.21. The molecule has 3 N–H and O–H groups in total. The van der Waals surface area contributed by atoms with Gasteiger partial charge >= 0.3 is 5.97 Å². The fourth-order valence-corrected chi connectivity index (χ4v) is 2.15. The first-order valence-corrected chi connectivity index (χ1v) is 7.52. The fraction of sp³-hybridized carbons (Fsp3) is 0.375. The van der Waals surface area contributed by atoms with Crippen LogP contribution in [-0.2, 0) is 22.5 Å². The summed E-state index contributed by atoms with van der Waals surface area (Å²) in [6.45, 7) is 0.278. The van der Waals surface area contributed by atoms with Gasteiger partial charge in [0.2, 0.25) is 11.9 Å². The summed E-state index contributed by atoms with van der Waals surface area (Å²) in [5, 5.41) is 3.13. The van der Waals surface area contributed by atoms with Gasteiger partial charge in [0.1, 0.15) is 11.9 Å². The van der Waals surface area contributed by atoms with Gasteiger partial charge in [0.05, 0.1) is 13.7 Å². The van der Waals surface area contributed by atoms with E-state index < -0.39 is 6.04 Å². The monoisotopic (exact) mass is 330 g/mol. The van der Waals surface area contributed by atoms with Gasteiger partial charge < -0.3 is 15.4 Å². The maximum atomic E-state index is 12.0. The number of rotatable bonds is 7. The molecule has 0 bridgehead atoms. The first-order chi connectivity index (χ1) is 11.5. The molecule has 1 atom stereocenters. The molecule has 2 rings (SSSR count). The number of anilines is 2. The largest absolute Gasteiger partial charge is 0.468 e. The van der Waals surface area contributed by atoms with Crippen LogP contribution in [0.15, 0.2) is 30.3 Å². The van der Waals surface area contributed by atoms with Crippen molar-refractivity contribution in [2.45, 2.75) is 19.0 Å². The van der Waals surface area contributed by atoms with Gasteiger partial charge in [-0.2, -0.15) is 15.0 Å². The minimum Gasteiger partial charge on any atom is -0.468 e. The molecule has 2 aromatic rings. The van der Waals surface area contributed by atoms with Crippen molar-refractivity contribution in [3.05, 3.63) is 41.7 Å². The van der Waals surface area contributed by atoms with Crippen LogP contribution in [0.25, 0.3) is 0 Å². The second-order valence-electron chi connectivity index (χ2n) is 5.45. The number of nitrogen functional groups attached to an aromatic ring is 1. The average molecular weight is 330 g/mol. The van der Waals surface area contributed by atoms with Crippen molar-refractivity contribution in [1.82, 2.24) is 20.3 Å². The first kappa shape index (κ1) is 17.6. The number of aromatic nitrogens is 3. The Morgan fingerprint density at radius 3 is 2.58 bits per heavy atom. The molecular weight excluding hydrogens is 308 g/mol. The number of hydrogen-bond acceptors (Lipinski definition) is 8. The second kappa shape index (κ2) is 8.21. The molecule has 1 unspecified atom stereocenters. The van der Waals surface area contributed by atoms with Gasteiger partial charge in [0, 0.05) is 14.1 Å². The van der Waals surface area contributed by atoms with Crippen LogP contribution in [0.3, 0.4) is 0 Å². The van der Waals surface area contributed by atoms with Crippen LogP contribution in [0.4, 0.5) is 11.9 Å². The van der Waals surface area contributed by atoms with Crippen molar-refractivity contribution in [3.8, 4) is 0 Å². The van der Waals surface area contributed by atoms with Crippen LogP contribution in [0.2, 0.25) is 0 Å². The van der Waals surface area contributed by atoms with E-state index in [-0.39, 0.29) is 18.5 Å². The van der Waals surface area contributed by atoms with E-state index in [1.54, 1.807) is 4.90 Å². The summed E-state index contributed by atoms with van der Waals surface area (Å²) in [4.78, 5) is 26.2. The predicted molar refractivity (Wildman–Crippen MR) is 91.4 cm³/mol. The third kappa shape index (κ3) is 4.88. The summed E-state index contributed by atoms with van der Waals surface area (Å²) in [5.41, 5.74) is 6.74. The highest BCUT2D eigenvalue weighted by molar-refractivity contribution is 5.76. The predicted octanol–water partition coefficient (Wildman–Crippen LogP) is 0.394. The molecule has 0 aliphatic rings. The third-order valence-corrected chi connectivity index (χ3v) is 3.36. The van der Waals surface area contributed by atoms with Gasteiger partial charge in [-0.25, -0.2) is 0 Å². The number of nitrogens with two attached hydrogens (primary N) is 1. The van der Waals surface area contributed by atoms with Gasteiger partial charge in [0.25, 0.3) is 0 Å². The highest BCUT2D eigenvalue weighted by atomic mass is 16.5. The summed E-state index contributed by atoms with van der Waals surface area (Å²) in [6.07, 6.45) is 0.509. The zero-order chi connectivity index (χ0) is 17.5. The van der Waals surface area contributed by atoms with E-state index in [4.69, 9.17) is 10.5 Å².